The topological polar surface area (TPSA) is 75.7 Å². The summed E-state index contributed by atoms with van der Waals surface area (Å²) >= 11 is 0. The molecule has 2 aromatic carbocycles. The number of ether oxygens (including phenoxy) is 1. The monoisotopic (exact) mass is 380 g/mol. The maximum atomic E-state index is 12.5. The van der Waals surface area contributed by atoms with E-state index < -0.39 is 5.97 Å². The molecule has 0 spiro atoms. The van der Waals surface area contributed by atoms with Crippen LogP contribution in [0.15, 0.2) is 54.6 Å². The van der Waals surface area contributed by atoms with Crippen LogP contribution >= 0.6 is 0 Å². The Hall–Kier alpha value is -3.15. The molecule has 1 N–H and O–H groups in total. The minimum absolute atomic E-state index is 0.000987. The minimum atomic E-state index is -0.396. The molecule has 6 heteroatoms. The van der Waals surface area contributed by atoms with Gasteiger partial charge in [-0.05, 0) is 30.2 Å². The second-order valence-electron chi connectivity index (χ2n) is 6.94. The predicted octanol–water partition coefficient (Wildman–Crippen LogP) is 2.70. The number of nitrogens with zero attached hydrogens (tertiary/aromatic N) is 1. The molecule has 0 bridgehead atoms. The Morgan fingerprint density at radius 3 is 2.46 bits per heavy atom. The fraction of sp³-hybridized carbons (Fsp3) is 0.318. The van der Waals surface area contributed by atoms with Crippen LogP contribution in [0.3, 0.4) is 0 Å². The van der Waals surface area contributed by atoms with E-state index in [0.717, 1.165) is 11.1 Å². The number of amides is 2. The first kappa shape index (κ1) is 19.6. The van der Waals surface area contributed by atoms with E-state index in [0.29, 0.717) is 18.7 Å². The molecule has 0 aromatic heterocycles. The van der Waals surface area contributed by atoms with E-state index in [9.17, 15) is 14.4 Å². The number of carbonyl (C=O) groups excluding carboxylic acids is 3. The van der Waals surface area contributed by atoms with Gasteiger partial charge in [0.25, 0.3) is 0 Å². The molecule has 1 aliphatic rings. The maximum absolute atomic E-state index is 12.5. The van der Waals surface area contributed by atoms with Gasteiger partial charge in [0, 0.05) is 19.5 Å². The summed E-state index contributed by atoms with van der Waals surface area (Å²) in [4.78, 5) is 38.2. The highest BCUT2D eigenvalue weighted by atomic mass is 16.5. The van der Waals surface area contributed by atoms with Gasteiger partial charge in [0.2, 0.25) is 11.8 Å². The van der Waals surface area contributed by atoms with E-state index >= 15 is 0 Å². The van der Waals surface area contributed by atoms with Crippen LogP contribution in [0.1, 0.15) is 40.9 Å². The van der Waals surface area contributed by atoms with E-state index in [1.54, 1.807) is 29.2 Å². The highest BCUT2D eigenvalue weighted by Gasteiger charge is 2.36. The third kappa shape index (κ3) is 4.39. The quantitative estimate of drug-likeness (QED) is 0.782. The van der Waals surface area contributed by atoms with Crippen molar-refractivity contribution < 1.29 is 19.1 Å². The number of nitrogens with one attached hydrogen (secondary N) is 1. The normalized spacial score (nSPS) is 17.3. The second kappa shape index (κ2) is 8.69. The van der Waals surface area contributed by atoms with Gasteiger partial charge in [-0.3, -0.25) is 9.59 Å². The van der Waals surface area contributed by atoms with Crippen molar-refractivity contribution in [2.45, 2.75) is 25.9 Å². The summed E-state index contributed by atoms with van der Waals surface area (Å²) in [5.41, 5.74) is 2.40. The molecule has 146 valence electrons. The van der Waals surface area contributed by atoms with Gasteiger partial charge >= 0.3 is 5.97 Å². The number of methoxy groups -OCH3 is 1. The summed E-state index contributed by atoms with van der Waals surface area (Å²) in [7, 11) is 1.33. The van der Waals surface area contributed by atoms with E-state index in [4.69, 9.17) is 0 Å². The van der Waals surface area contributed by atoms with Crippen molar-refractivity contribution in [2.75, 3.05) is 13.7 Å². The molecular weight excluding hydrogens is 356 g/mol. The first-order valence-electron chi connectivity index (χ1n) is 9.29. The third-order valence-corrected chi connectivity index (χ3v) is 5.12. The van der Waals surface area contributed by atoms with Gasteiger partial charge in [0.1, 0.15) is 0 Å². The average molecular weight is 380 g/mol. The number of likely N-dealkylation sites (tertiary alicyclic amines) is 1. The molecule has 1 fully saturated rings. The van der Waals surface area contributed by atoms with Crippen LogP contribution in [0.4, 0.5) is 0 Å². The highest BCUT2D eigenvalue weighted by molar-refractivity contribution is 5.90. The molecule has 6 nitrogen and oxygen atoms in total. The third-order valence-electron chi connectivity index (χ3n) is 5.12. The van der Waals surface area contributed by atoms with Gasteiger partial charge in [-0.2, -0.15) is 0 Å². The minimum Gasteiger partial charge on any atom is -0.465 e. The smallest absolute Gasteiger partial charge is 0.337 e. The summed E-state index contributed by atoms with van der Waals surface area (Å²) in [5.74, 6) is -0.882. The van der Waals surface area contributed by atoms with Crippen molar-refractivity contribution in [1.82, 2.24) is 10.2 Å². The van der Waals surface area contributed by atoms with E-state index in [1.165, 1.54) is 7.11 Å². The first-order chi connectivity index (χ1) is 13.5. The molecule has 2 aromatic rings. The molecule has 0 radical (unpaired) electrons. The average Bonchev–Trinajstić information content (AvgIpc) is 3.13. The molecule has 3 rings (SSSR count). The SMILES string of the molecule is COC(=O)c1ccc(CNC(=O)[C@@H]2CC(=O)N([C@H](C)c3ccccc3)C2)cc1. The molecule has 1 aliphatic heterocycles. The fourth-order valence-corrected chi connectivity index (χ4v) is 3.40. The number of esters is 1. The van der Waals surface area contributed by atoms with Gasteiger partial charge in [0.15, 0.2) is 0 Å². The summed E-state index contributed by atoms with van der Waals surface area (Å²) in [5, 5.41) is 2.89. The Labute approximate surface area is 164 Å². The highest BCUT2D eigenvalue weighted by Crippen LogP contribution is 2.28. The Morgan fingerprint density at radius 1 is 1.14 bits per heavy atom. The molecule has 0 saturated carbocycles. The van der Waals surface area contributed by atoms with Gasteiger partial charge in [-0.15, -0.1) is 0 Å². The molecule has 1 heterocycles. The van der Waals surface area contributed by atoms with Gasteiger partial charge in [-0.1, -0.05) is 42.5 Å². The lowest BCUT2D eigenvalue weighted by Gasteiger charge is -2.25. The van der Waals surface area contributed by atoms with Crippen molar-refractivity contribution in [1.29, 1.82) is 0 Å². The Morgan fingerprint density at radius 2 is 1.82 bits per heavy atom. The fourth-order valence-electron chi connectivity index (χ4n) is 3.40. The van der Waals surface area contributed by atoms with E-state index in [-0.39, 0.29) is 30.2 Å². The lowest BCUT2D eigenvalue weighted by Crippen LogP contribution is -2.33. The number of carbonyl (C=O) groups is 3. The van der Waals surface area contributed by atoms with Crippen molar-refractivity contribution in [3.8, 4) is 0 Å². The lowest BCUT2D eigenvalue weighted by molar-refractivity contribution is -0.130. The van der Waals surface area contributed by atoms with Crippen LogP contribution in [0.2, 0.25) is 0 Å². The second-order valence-corrected chi connectivity index (χ2v) is 6.94. The molecular formula is C22H24N2O4. The zero-order chi connectivity index (χ0) is 20.1. The van der Waals surface area contributed by atoms with Crippen molar-refractivity contribution >= 4 is 17.8 Å². The molecule has 0 aliphatic carbocycles. The predicted molar refractivity (Wildman–Crippen MR) is 104 cm³/mol. The lowest BCUT2D eigenvalue weighted by atomic mass is 10.1. The van der Waals surface area contributed by atoms with Crippen LogP contribution in [0.5, 0.6) is 0 Å². The summed E-state index contributed by atoms with van der Waals surface area (Å²) in [6.45, 7) is 2.75. The van der Waals surface area contributed by atoms with Gasteiger partial charge < -0.3 is 15.0 Å². The maximum Gasteiger partial charge on any atom is 0.337 e. The first-order valence-corrected chi connectivity index (χ1v) is 9.29. The molecule has 2 atom stereocenters. The van der Waals surface area contributed by atoms with Gasteiger partial charge in [-0.25, -0.2) is 4.79 Å². The number of rotatable bonds is 6. The molecule has 1 saturated heterocycles. The number of hydrogen-bond acceptors (Lipinski definition) is 4. The van der Waals surface area contributed by atoms with Crippen LogP contribution in [0, 0.1) is 5.92 Å². The number of hydrogen-bond donors (Lipinski definition) is 1. The Kier molecular flexibility index (Phi) is 6.09. The molecule has 0 unspecified atom stereocenters. The van der Waals surface area contributed by atoms with Gasteiger partial charge in [0.05, 0.1) is 24.6 Å². The van der Waals surface area contributed by atoms with Crippen LogP contribution in [-0.2, 0) is 20.9 Å². The summed E-state index contributed by atoms with van der Waals surface area (Å²) in [6, 6.07) is 16.6. The van der Waals surface area contributed by atoms with Crippen LogP contribution in [-0.4, -0.2) is 36.3 Å². The van der Waals surface area contributed by atoms with E-state index in [2.05, 4.69) is 10.1 Å². The van der Waals surface area contributed by atoms with Crippen molar-refractivity contribution in [3.05, 3.63) is 71.3 Å². The van der Waals surface area contributed by atoms with Crippen molar-refractivity contribution in [2.24, 2.45) is 5.92 Å². The molecule has 28 heavy (non-hydrogen) atoms. The van der Waals surface area contributed by atoms with Crippen LogP contribution in [0.25, 0.3) is 0 Å². The largest absolute Gasteiger partial charge is 0.465 e. The Bertz CT molecular complexity index is 849. The summed E-state index contributed by atoms with van der Waals surface area (Å²) < 4.78 is 4.67. The van der Waals surface area contributed by atoms with E-state index in [1.807, 2.05) is 37.3 Å². The zero-order valence-corrected chi connectivity index (χ0v) is 16.1. The standard InChI is InChI=1S/C22H24N2O4/c1-15(17-6-4-3-5-7-17)24-14-19(12-20(24)25)21(26)23-13-16-8-10-18(11-9-16)22(27)28-2/h3-11,15,19H,12-14H2,1-2H3,(H,23,26)/t15-,19-/m1/s1. The molecule has 2 amide bonds. The summed E-state index contributed by atoms with van der Waals surface area (Å²) in [6.07, 6.45) is 0.226. The zero-order valence-electron chi connectivity index (χ0n) is 16.1. The Balaban J connectivity index is 1.55. The van der Waals surface area contributed by atoms with Crippen molar-refractivity contribution in [3.63, 3.8) is 0 Å². The number of benzene rings is 2. The van der Waals surface area contributed by atoms with Crippen LogP contribution < -0.4 is 5.32 Å².